The number of hydrogen-bond acceptors (Lipinski definition) is 3. The summed E-state index contributed by atoms with van der Waals surface area (Å²) in [5.74, 6) is 0.952. The van der Waals surface area contributed by atoms with Crippen molar-refractivity contribution in [3.05, 3.63) is 29.8 Å². The van der Waals surface area contributed by atoms with Gasteiger partial charge in [-0.15, -0.1) is 0 Å². The fourth-order valence-corrected chi connectivity index (χ4v) is 3.86. The van der Waals surface area contributed by atoms with Gasteiger partial charge < -0.3 is 20.4 Å². The van der Waals surface area contributed by atoms with Crippen LogP contribution in [0.3, 0.4) is 0 Å². The molecule has 5 heteroatoms. The highest BCUT2D eigenvalue weighted by Gasteiger charge is 2.27. The number of anilines is 1. The van der Waals surface area contributed by atoms with Gasteiger partial charge in [0.1, 0.15) is 0 Å². The highest BCUT2D eigenvalue weighted by atomic mass is 16.2. The molecule has 5 nitrogen and oxygen atoms in total. The van der Waals surface area contributed by atoms with Crippen LogP contribution in [-0.4, -0.2) is 61.1 Å². The molecule has 0 radical (unpaired) electrons. The average molecular weight is 373 g/mol. The molecule has 1 aromatic rings. The van der Waals surface area contributed by atoms with E-state index in [1.165, 1.54) is 24.9 Å². The van der Waals surface area contributed by atoms with Gasteiger partial charge in [-0.25, -0.2) is 4.79 Å². The van der Waals surface area contributed by atoms with E-state index < -0.39 is 0 Å². The second kappa shape index (κ2) is 10.1. The molecule has 1 heterocycles. The smallest absolute Gasteiger partial charge is 0.319 e. The lowest BCUT2D eigenvalue weighted by Crippen LogP contribution is -2.46. The zero-order valence-electron chi connectivity index (χ0n) is 17.0. The Labute approximate surface area is 164 Å². The molecule has 0 aromatic heterocycles. The maximum atomic E-state index is 12.3. The molecular weight excluding hydrogens is 336 g/mol. The van der Waals surface area contributed by atoms with Crippen LogP contribution in [-0.2, 0) is 6.42 Å². The number of piperidine rings is 1. The number of hydrogen-bond donors (Lipinski definition) is 2. The van der Waals surface area contributed by atoms with E-state index in [2.05, 4.69) is 46.4 Å². The fraction of sp³-hybridized carbons (Fsp3) is 0.682. The molecule has 0 bridgehead atoms. The summed E-state index contributed by atoms with van der Waals surface area (Å²) in [6.45, 7) is 11.2. The third-order valence-electron chi connectivity index (χ3n) is 5.96. The summed E-state index contributed by atoms with van der Waals surface area (Å²) in [5.41, 5.74) is 2.18. The summed E-state index contributed by atoms with van der Waals surface area (Å²) in [5, 5.41) is 6.13. The first-order valence-corrected chi connectivity index (χ1v) is 10.8. The predicted octanol–water partition coefficient (Wildman–Crippen LogP) is 3.57. The van der Waals surface area contributed by atoms with Gasteiger partial charge in [0.15, 0.2) is 0 Å². The zero-order valence-corrected chi connectivity index (χ0v) is 17.0. The molecule has 2 aliphatic rings. The highest BCUT2D eigenvalue weighted by Crippen LogP contribution is 2.30. The summed E-state index contributed by atoms with van der Waals surface area (Å²) in [6, 6.07) is 8.48. The van der Waals surface area contributed by atoms with E-state index in [0.29, 0.717) is 6.04 Å². The molecule has 2 amide bonds. The number of likely N-dealkylation sites (N-methyl/N-ethyl adjacent to an activating group) is 1. The minimum absolute atomic E-state index is 0.0773. The quantitative estimate of drug-likeness (QED) is 0.697. The third kappa shape index (κ3) is 6.82. The van der Waals surface area contributed by atoms with Crippen molar-refractivity contribution in [2.24, 2.45) is 5.92 Å². The molecule has 150 valence electrons. The first-order valence-electron chi connectivity index (χ1n) is 10.8. The number of benzene rings is 1. The van der Waals surface area contributed by atoms with Gasteiger partial charge in [-0.3, -0.25) is 0 Å². The number of nitrogens with zero attached hydrogens (tertiary/aromatic N) is 2. The standard InChI is InChI=1S/C22H36N4O/c1-3-25(4-2)14-11-18-7-9-20(10-8-18)23-22(27)24-21-12-15-26(16-13-21)17-19-5-6-19/h7-10,19,21H,3-6,11-17H2,1-2H3,(H2,23,24,27). The molecule has 0 unspecified atom stereocenters. The fourth-order valence-electron chi connectivity index (χ4n) is 3.86. The van der Waals surface area contributed by atoms with Crippen LogP contribution in [0.5, 0.6) is 0 Å². The highest BCUT2D eigenvalue weighted by molar-refractivity contribution is 5.89. The lowest BCUT2D eigenvalue weighted by Gasteiger charge is -2.32. The van der Waals surface area contributed by atoms with Gasteiger partial charge in [-0.2, -0.15) is 0 Å². The second-order valence-electron chi connectivity index (χ2n) is 8.09. The minimum atomic E-state index is -0.0773. The largest absolute Gasteiger partial charge is 0.335 e. The van der Waals surface area contributed by atoms with Gasteiger partial charge >= 0.3 is 6.03 Å². The Balaban J connectivity index is 1.36. The molecule has 27 heavy (non-hydrogen) atoms. The van der Waals surface area contributed by atoms with Crippen LogP contribution in [0.15, 0.2) is 24.3 Å². The van der Waals surface area contributed by atoms with Crippen molar-refractivity contribution in [1.29, 1.82) is 0 Å². The lowest BCUT2D eigenvalue weighted by molar-refractivity contribution is 0.190. The number of amides is 2. The number of carbonyl (C=O) groups is 1. The van der Waals surface area contributed by atoms with Gasteiger partial charge in [0.2, 0.25) is 0 Å². The summed E-state index contributed by atoms with van der Waals surface area (Å²) in [4.78, 5) is 17.3. The molecule has 1 aliphatic carbocycles. The Morgan fingerprint density at radius 1 is 1.07 bits per heavy atom. The molecule has 3 rings (SSSR count). The van der Waals surface area contributed by atoms with E-state index in [-0.39, 0.29) is 6.03 Å². The van der Waals surface area contributed by atoms with Gasteiger partial charge in [0, 0.05) is 37.9 Å². The molecule has 1 aliphatic heterocycles. The van der Waals surface area contributed by atoms with Crippen LogP contribution >= 0.6 is 0 Å². The Hall–Kier alpha value is -1.59. The average Bonchev–Trinajstić information content (AvgIpc) is 3.49. The van der Waals surface area contributed by atoms with E-state index in [1.54, 1.807) is 0 Å². The maximum Gasteiger partial charge on any atom is 0.319 e. The lowest BCUT2D eigenvalue weighted by atomic mass is 10.0. The Kier molecular flexibility index (Phi) is 7.53. The number of carbonyl (C=O) groups excluding carboxylic acids is 1. The molecule has 0 atom stereocenters. The van der Waals surface area contributed by atoms with E-state index in [4.69, 9.17) is 0 Å². The molecule has 1 saturated heterocycles. The summed E-state index contributed by atoms with van der Waals surface area (Å²) in [6.07, 6.45) is 5.99. The normalized spacial score (nSPS) is 18.6. The SMILES string of the molecule is CCN(CC)CCc1ccc(NC(=O)NC2CCN(CC3CC3)CC2)cc1. The van der Waals surface area contributed by atoms with Gasteiger partial charge in [-0.1, -0.05) is 26.0 Å². The van der Waals surface area contributed by atoms with Crippen LogP contribution in [0.4, 0.5) is 10.5 Å². The van der Waals surface area contributed by atoms with Crippen LogP contribution in [0.1, 0.15) is 45.1 Å². The van der Waals surface area contributed by atoms with Crippen LogP contribution < -0.4 is 10.6 Å². The Morgan fingerprint density at radius 3 is 2.33 bits per heavy atom. The summed E-state index contributed by atoms with van der Waals surface area (Å²) in [7, 11) is 0. The maximum absolute atomic E-state index is 12.3. The van der Waals surface area contributed by atoms with Crippen molar-refractivity contribution in [3.8, 4) is 0 Å². The number of urea groups is 1. The van der Waals surface area contributed by atoms with E-state index in [0.717, 1.165) is 63.6 Å². The molecular formula is C22H36N4O. The number of rotatable bonds is 9. The van der Waals surface area contributed by atoms with Crippen molar-refractivity contribution < 1.29 is 4.79 Å². The first-order chi connectivity index (χ1) is 13.2. The monoisotopic (exact) mass is 372 g/mol. The minimum Gasteiger partial charge on any atom is -0.335 e. The van der Waals surface area contributed by atoms with Crippen molar-refractivity contribution in [2.75, 3.05) is 44.6 Å². The van der Waals surface area contributed by atoms with Crippen LogP contribution in [0.25, 0.3) is 0 Å². The van der Waals surface area contributed by atoms with Gasteiger partial charge in [0.25, 0.3) is 0 Å². The molecule has 1 saturated carbocycles. The second-order valence-corrected chi connectivity index (χ2v) is 8.09. The first kappa shape index (κ1) is 20.2. The van der Waals surface area contributed by atoms with Gasteiger partial charge in [-0.05, 0) is 68.8 Å². The molecule has 2 fully saturated rings. The number of nitrogens with one attached hydrogen (secondary N) is 2. The summed E-state index contributed by atoms with van der Waals surface area (Å²) < 4.78 is 0. The Bertz CT molecular complexity index is 572. The predicted molar refractivity (Wildman–Crippen MR) is 112 cm³/mol. The van der Waals surface area contributed by atoms with Gasteiger partial charge in [0.05, 0.1) is 0 Å². The van der Waals surface area contributed by atoms with Crippen LogP contribution in [0, 0.1) is 5.92 Å². The van der Waals surface area contributed by atoms with Crippen molar-refractivity contribution in [2.45, 2.75) is 52.0 Å². The topological polar surface area (TPSA) is 47.6 Å². The molecule has 0 spiro atoms. The van der Waals surface area contributed by atoms with Crippen molar-refractivity contribution >= 4 is 11.7 Å². The van der Waals surface area contributed by atoms with Crippen molar-refractivity contribution in [3.63, 3.8) is 0 Å². The zero-order chi connectivity index (χ0) is 19.1. The molecule has 2 N–H and O–H groups in total. The van der Waals surface area contributed by atoms with E-state index in [1.807, 2.05) is 12.1 Å². The van der Waals surface area contributed by atoms with Crippen molar-refractivity contribution in [1.82, 2.24) is 15.1 Å². The summed E-state index contributed by atoms with van der Waals surface area (Å²) >= 11 is 0. The van der Waals surface area contributed by atoms with Crippen LogP contribution in [0.2, 0.25) is 0 Å². The third-order valence-corrected chi connectivity index (χ3v) is 5.96. The van der Waals surface area contributed by atoms with E-state index >= 15 is 0 Å². The molecule has 1 aromatic carbocycles. The number of likely N-dealkylation sites (tertiary alicyclic amines) is 1. The van der Waals surface area contributed by atoms with E-state index in [9.17, 15) is 4.79 Å². The Morgan fingerprint density at radius 2 is 1.74 bits per heavy atom.